The lowest BCUT2D eigenvalue weighted by Gasteiger charge is -2.03. The molecule has 10 heavy (non-hydrogen) atoms. The molecule has 0 saturated carbocycles. The Morgan fingerprint density at radius 1 is 1.30 bits per heavy atom. The summed E-state index contributed by atoms with van der Waals surface area (Å²) in [6.07, 6.45) is 0. The Balaban J connectivity index is 3.07. The number of rotatable bonds is 1. The smallest absolute Gasteiger partial charge is 0.0370 e. The summed E-state index contributed by atoms with van der Waals surface area (Å²) in [4.78, 5) is 0. The number of hydrogen-bond acceptors (Lipinski definition) is 1. The summed E-state index contributed by atoms with van der Waals surface area (Å²) >= 11 is 0. The van der Waals surface area contributed by atoms with E-state index in [-0.39, 0.29) is 0 Å². The van der Waals surface area contributed by atoms with Crippen LogP contribution in [-0.2, 0) is 0 Å². The zero-order valence-electron chi connectivity index (χ0n) is 6.44. The third-order valence-electron chi connectivity index (χ3n) is 1.57. The fourth-order valence-corrected chi connectivity index (χ4v) is 1.01. The molecule has 1 aromatic carbocycles. The quantitative estimate of drug-likeness (QED) is 0.622. The molecule has 0 bridgehead atoms. The highest BCUT2D eigenvalue weighted by molar-refractivity contribution is 5.51. The van der Waals surface area contributed by atoms with Gasteiger partial charge in [-0.3, -0.25) is 0 Å². The molecule has 0 saturated heterocycles. The van der Waals surface area contributed by atoms with Crippen molar-refractivity contribution in [1.29, 1.82) is 0 Å². The minimum atomic E-state index is 1.10. The standard InChI is InChI=1S/C9H12N/c1-7-4-5-9(10-3)8(2)6-7/h4-6,10H,3H2,1-2H3. The zero-order chi connectivity index (χ0) is 7.56. The van der Waals surface area contributed by atoms with Crippen LogP contribution in [0.1, 0.15) is 11.1 Å². The van der Waals surface area contributed by atoms with E-state index < -0.39 is 0 Å². The van der Waals surface area contributed by atoms with Crippen molar-refractivity contribution >= 4 is 5.69 Å². The van der Waals surface area contributed by atoms with Gasteiger partial charge < -0.3 is 5.32 Å². The van der Waals surface area contributed by atoms with E-state index in [1.165, 1.54) is 11.1 Å². The molecule has 0 heterocycles. The van der Waals surface area contributed by atoms with Crippen LogP contribution in [-0.4, -0.2) is 0 Å². The SMILES string of the molecule is [CH2]Nc1ccc(C)cc1C. The van der Waals surface area contributed by atoms with Crippen molar-refractivity contribution in [3.63, 3.8) is 0 Å². The van der Waals surface area contributed by atoms with E-state index in [1.54, 1.807) is 0 Å². The Labute approximate surface area is 62.1 Å². The second-order valence-electron chi connectivity index (χ2n) is 2.50. The molecule has 0 amide bonds. The number of anilines is 1. The van der Waals surface area contributed by atoms with Crippen LogP contribution < -0.4 is 5.32 Å². The van der Waals surface area contributed by atoms with Gasteiger partial charge in [0.2, 0.25) is 0 Å². The van der Waals surface area contributed by atoms with Gasteiger partial charge >= 0.3 is 0 Å². The lowest BCUT2D eigenvalue weighted by Crippen LogP contribution is -1.88. The maximum Gasteiger partial charge on any atom is 0.0370 e. The Kier molecular flexibility index (Phi) is 1.95. The molecule has 0 unspecified atom stereocenters. The Morgan fingerprint density at radius 3 is 2.50 bits per heavy atom. The van der Waals surface area contributed by atoms with Gasteiger partial charge in [0.05, 0.1) is 0 Å². The first kappa shape index (κ1) is 7.13. The van der Waals surface area contributed by atoms with Crippen molar-refractivity contribution in [2.45, 2.75) is 13.8 Å². The number of nitrogens with one attached hydrogen (secondary N) is 1. The first-order valence-corrected chi connectivity index (χ1v) is 3.34. The van der Waals surface area contributed by atoms with Crippen LogP contribution >= 0.6 is 0 Å². The van der Waals surface area contributed by atoms with Gasteiger partial charge in [-0.25, -0.2) is 0 Å². The Hall–Kier alpha value is -0.980. The normalized spacial score (nSPS) is 9.50. The van der Waals surface area contributed by atoms with Gasteiger partial charge in [-0.05, 0) is 25.5 Å². The first-order valence-electron chi connectivity index (χ1n) is 3.34. The Bertz CT molecular complexity index is 228. The van der Waals surface area contributed by atoms with Crippen molar-refractivity contribution in [2.75, 3.05) is 5.32 Å². The molecule has 1 N–H and O–H groups in total. The van der Waals surface area contributed by atoms with Crippen molar-refractivity contribution in [1.82, 2.24) is 0 Å². The maximum atomic E-state index is 3.60. The summed E-state index contributed by atoms with van der Waals surface area (Å²) in [6, 6.07) is 6.24. The molecule has 0 aliphatic heterocycles. The highest BCUT2D eigenvalue weighted by Gasteiger charge is 1.92. The fraction of sp³-hybridized carbons (Fsp3) is 0.222. The van der Waals surface area contributed by atoms with E-state index in [9.17, 15) is 0 Å². The molecule has 1 nitrogen and oxygen atoms in total. The maximum absolute atomic E-state index is 3.60. The van der Waals surface area contributed by atoms with E-state index in [0.29, 0.717) is 0 Å². The summed E-state index contributed by atoms with van der Waals surface area (Å²) in [6.45, 7) is 4.15. The third-order valence-corrected chi connectivity index (χ3v) is 1.57. The van der Waals surface area contributed by atoms with Gasteiger partial charge in [-0.2, -0.15) is 0 Å². The van der Waals surface area contributed by atoms with E-state index in [4.69, 9.17) is 0 Å². The number of hydrogen-bond donors (Lipinski definition) is 1. The highest BCUT2D eigenvalue weighted by atomic mass is 14.8. The summed E-state index contributed by atoms with van der Waals surface area (Å²) < 4.78 is 0. The van der Waals surface area contributed by atoms with Crippen LogP contribution in [0, 0.1) is 20.9 Å². The molecule has 0 aliphatic carbocycles. The second kappa shape index (κ2) is 2.74. The molecule has 0 spiro atoms. The summed E-state index contributed by atoms with van der Waals surface area (Å²) in [5.41, 5.74) is 3.64. The van der Waals surface area contributed by atoms with Gasteiger partial charge in [0.15, 0.2) is 0 Å². The lowest BCUT2D eigenvalue weighted by molar-refractivity contribution is 1.37. The lowest BCUT2D eigenvalue weighted by atomic mass is 10.1. The van der Waals surface area contributed by atoms with E-state index in [0.717, 1.165) is 5.69 Å². The average Bonchev–Trinajstić information content (AvgIpc) is 1.88. The second-order valence-corrected chi connectivity index (χ2v) is 2.50. The van der Waals surface area contributed by atoms with Crippen LogP contribution in [0.15, 0.2) is 18.2 Å². The van der Waals surface area contributed by atoms with Crippen molar-refractivity contribution < 1.29 is 0 Å². The number of aryl methyl sites for hydroxylation is 2. The molecule has 1 radical (unpaired) electrons. The third kappa shape index (κ3) is 1.29. The minimum absolute atomic E-state index is 1.10. The molecule has 0 aromatic heterocycles. The fourth-order valence-electron chi connectivity index (χ4n) is 1.01. The van der Waals surface area contributed by atoms with Crippen molar-refractivity contribution in [3.05, 3.63) is 36.4 Å². The predicted octanol–water partition coefficient (Wildman–Crippen LogP) is 2.51. The molecular formula is C9H12N. The summed E-state index contributed by atoms with van der Waals surface area (Å²) in [5.74, 6) is 0. The topological polar surface area (TPSA) is 12.0 Å². The average molecular weight is 134 g/mol. The van der Waals surface area contributed by atoms with Crippen molar-refractivity contribution in [3.8, 4) is 0 Å². The van der Waals surface area contributed by atoms with Gasteiger partial charge in [-0.15, -0.1) is 0 Å². The van der Waals surface area contributed by atoms with Crippen molar-refractivity contribution in [2.24, 2.45) is 0 Å². The van der Waals surface area contributed by atoms with Gasteiger partial charge in [0, 0.05) is 12.7 Å². The zero-order valence-corrected chi connectivity index (χ0v) is 6.44. The van der Waals surface area contributed by atoms with Gasteiger partial charge in [0.25, 0.3) is 0 Å². The molecule has 0 atom stereocenters. The van der Waals surface area contributed by atoms with Crippen LogP contribution in [0.4, 0.5) is 5.69 Å². The predicted molar refractivity (Wildman–Crippen MR) is 44.9 cm³/mol. The van der Waals surface area contributed by atoms with Crippen LogP contribution in [0.25, 0.3) is 0 Å². The van der Waals surface area contributed by atoms with Gasteiger partial charge in [-0.1, -0.05) is 17.7 Å². The van der Waals surface area contributed by atoms with E-state index in [2.05, 4.69) is 38.3 Å². The minimum Gasteiger partial charge on any atom is -0.383 e. The van der Waals surface area contributed by atoms with Crippen LogP contribution in [0.3, 0.4) is 0 Å². The van der Waals surface area contributed by atoms with E-state index in [1.807, 2.05) is 6.07 Å². The highest BCUT2D eigenvalue weighted by Crippen LogP contribution is 2.14. The van der Waals surface area contributed by atoms with Gasteiger partial charge in [0.1, 0.15) is 0 Å². The monoisotopic (exact) mass is 134 g/mol. The molecule has 0 fully saturated rings. The molecular weight excluding hydrogens is 122 g/mol. The van der Waals surface area contributed by atoms with Crippen LogP contribution in [0.5, 0.6) is 0 Å². The number of benzene rings is 1. The largest absolute Gasteiger partial charge is 0.383 e. The summed E-state index contributed by atoms with van der Waals surface area (Å²) in [7, 11) is 3.60. The van der Waals surface area contributed by atoms with E-state index >= 15 is 0 Å². The molecule has 1 heteroatoms. The Morgan fingerprint density at radius 2 is 2.00 bits per heavy atom. The molecule has 1 rings (SSSR count). The van der Waals surface area contributed by atoms with Crippen LogP contribution in [0.2, 0.25) is 0 Å². The molecule has 53 valence electrons. The summed E-state index contributed by atoms with van der Waals surface area (Å²) in [5, 5.41) is 2.87. The first-order chi connectivity index (χ1) is 4.74. The molecule has 0 aliphatic rings. The molecule has 1 aromatic rings.